The zero-order valence-corrected chi connectivity index (χ0v) is 16.8. The molecule has 3 aromatic carbocycles. The van der Waals surface area contributed by atoms with Gasteiger partial charge in [-0.25, -0.2) is 0 Å². The Bertz CT molecular complexity index is 1080. The van der Waals surface area contributed by atoms with Crippen LogP contribution in [0.2, 0.25) is 0 Å². The molecule has 0 spiro atoms. The maximum atomic E-state index is 5.81. The second-order valence-electron chi connectivity index (χ2n) is 6.80. The fourth-order valence-electron chi connectivity index (χ4n) is 2.77. The Morgan fingerprint density at radius 2 is 1.37 bits per heavy atom. The predicted molar refractivity (Wildman–Crippen MR) is 120 cm³/mol. The molecule has 4 rings (SSSR count). The normalized spacial score (nSPS) is 10.3. The monoisotopic (exact) mass is 398 g/mol. The molecule has 7 heteroatoms. The first kappa shape index (κ1) is 19.2. The van der Waals surface area contributed by atoms with Gasteiger partial charge in [0.15, 0.2) is 5.82 Å². The summed E-state index contributed by atoms with van der Waals surface area (Å²) < 4.78 is 5.81. The summed E-state index contributed by atoms with van der Waals surface area (Å²) in [5, 5.41) is 14.5. The summed E-state index contributed by atoms with van der Waals surface area (Å²) >= 11 is 0. The zero-order valence-electron chi connectivity index (χ0n) is 16.8. The van der Waals surface area contributed by atoms with Crippen LogP contribution in [0.5, 0.6) is 11.5 Å². The van der Waals surface area contributed by atoms with E-state index in [4.69, 9.17) is 4.74 Å². The van der Waals surface area contributed by atoms with E-state index in [1.54, 1.807) is 6.20 Å². The number of anilines is 5. The summed E-state index contributed by atoms with van der Waals surface area (Å²) in [4.78, 5) is 6.52. The SMILES string of the molecule is CN(C)c1ccc(Nc2cnnc(Nc3ccc(Oc4ccccc4)cc3)n2)cc1. The highest BCUT2D eigenvalue weighted by molar-refractivity contribution is 5.61. The minimum absolute atomic E-state index is 0.404. The van der Waals surface area contributed by atoms with Crippen molar-refractivity contribution in [3.05, 3.63) is 85.1 Å². The van der Waals surface area contributed by atoms with Crippen molar-refractivity contribution in [1.29, 1.82) is 0 Å². The minimum atomic E-state index is 0.404. The number of nitrogens with zero attached hydrogens (tertiary/aromatic N) is 4. The van der Waals surface area contributed by atoms with Gasteiger partial charge in [0, 0.05) is 31.2 Å². The number of benzene rings is 3. The second kappa shape index (κ2) is 8.91. The summed E-state index contributed by atoms with van der Waals surface area (Å²) in [6.07, 6.45) is 1.59. The van der Waals surface area contributed by atoms with Crippen LogP contribution in [0.1, 0.15) is 0 Å². The van der Waals surface area contributed by atoms with Crippen LogP contribution in [-0.4, -0.2) is 29.3 Å². The van der Waals surface area contributed by atoms with Gasteiger partial charge < -0.3 is 20.3 Å². The highest BCUT2D eigenvalue weighted by atomic mass is 16.5. The maximum absolute atomic E-state index is 5.81. The Morgan fingerprint density at radius 3 is 2.07 bits per heavy atom. The average molecular weight is 398 g/mol. The van der Waals surface area contributed by atoms with Crippen molar-refractivity contribution in [2.24, 2.45) is 0 Å². The van der Waals surface area contributed by atoms with Crippen LogP contribution in [0.25, 0.3) is 0 Å². The number of nitrogens with one attached hydrogen (secondary N) is 2. The van der Waals surface area contributed by atoms with Gasteiger partial charge >= 0.3 is 0 Å². The smallest absolute Gasteiger partial charge is 0.249 e. The van der Waals surface area contributed by atoms with Crippen molar-refractivity contribution in [3.63, 3.8) is 0 Å². The van der Waals surface area contributed by atoms with E-state index in [2.05, 4.69) is 25.8 Å². The summed E-state index contributed by atoms with van der Waals surface area (Å²) in [6, 6.07) is 25.3. The van der Waals surface area contributed by atoms with Crippen LogP contribution in [0.3, 0.4) is 0 Å². The number of rotatable bonds is 7. The summed E-state index contributed by atoms with van der Waals surface area (Å²) in [6.45, 7) is 0. The van der Waals surface area contributed by atoms with Crippen LogP contribution in [0.15, 0.2) is 85.1 Å². The van der Waals surface area contributed by atoms with Crippen molar-refractivity contribution in [1.82, 2.24) is 15.2 Å². The van der Waals surface area contributed by atoms with E-state index in [1.165, 1.54) is 0 Å². The molecule has 0 aliphatic heterocycles. The molecule has 4 aromatic rings. The standard InChI is InChI=1S/C23H22N6O/c1-29(2)19-12-8-17(9-13-19)25-22-16-24-28-23(27-22)26-18-10-14-21(15-11-18)30-20-6-4-3-5-7-20/h3-16H,1-2H3,(H2,25,26,27,28). The lowest BCUT2D eigenvalue weighted by Crippen LogP contribution is -2.08. The van der Waals surface area contributed by atoms with Crippen LogP contribution in [-0.2, 0) is 0 Å². The molecule has 0 amide bonds. The molecule has 7 nitrogen and oxygen atoms in total. The molecule has 0 radical (unpaired) electrons. The highest BCUT2D eigenvalue weighted by Crippen LogP contribution is 2.24. The zero-order chi connectivity index (χ0) is 20.8. The van der Waals surface area contributed by atoms with Crippen LogP contribution in [0, 0.1) is 0 Å². The molecule has 2 N–H and O–H groups in total. The van der Waals surface area contributed by atoms with Crippen molar-refractivity contribution in [3.8, 4) is 11.5 Å². The third kappa shape index (κ3) is 5.02. The van der Waals surface area contributed by atoms with Crippen molar-refractivity contribution >= 4 is 28.8 Å². The van der Waals surface area contributed by atoms with Crippen molar-refractivity contribution in [2.45, 2.75) is 0 Å². The van der Waals surface area contributed by atoms with Crippen molar-refractivity contribution < 1.29 is 4.74 Å². The first-order valence-corrected chi connectivity index (χ1v) is 9.50. The largest absolute Gasteiger partial charge is 0.457 e. The Morgan fingerprint density at radius 1 is 0.733 bits per heavy atom. The lowest BCUT2D eigenvalue weighted by atomic mass is 10.2. The number of hydrogen-bond acceptors (Lipinski definition) is 7. The van der Waals surface area contributed by atoms with E-state index in [0.29, 0.717) is 11.8 Å². The minimum Gasteiger partial charge on any atom is -0.457 e. The molecule has 0 fully saturated rings. The summed E-state index contributed by atoms with van der Waals surface area (Å²) in [5.74, 6) is 2.56. The summed E-state index contributed by atoms with van der Waals surface area (Å²) in [5.41, 5.74) is 2.89. The Kier molecular flexibility index (Phi) is 5.70. The first-order valence-electron chi connectivity index (χ1n) is 9.50. The number of ether oxygens (including phenoxy) is 1. The van der Waals surface area contributed by atoms with Crippen LogP contribution >= 0.6 is 0 Å². The fourth-order valence-corrected chi connectivity index (χ4v) is 2.77. The molecular weight excluding hydrogens is 376 g/mol. The van der Waals surface area contributed by atoms with Gasteiger partial charge in [0.1, 0.15) is 11.5 Å². The van der Waals surface area contributed by atoms with Gasteiger partial charge in [-0.2, -0.15) is 10.1 Å². The van der Waals surface area contributed by atoms with Crippen molar-refractivity contribution in [2.75, 3.05) is 29.6 Å². The van der Waals surface area contributed by atoms with E-state index in [-0.39, 0.29) is 0 Å². The first-order chi connectivity index (χ1) is 14.7. The fraction of sp³-hybridized carbons (Fsp3) is 0.0870. The van der Waals surface area contributed by atoms with Gasteiger partial charge in [-0.3, -0.25) is 0 Å². The topological polar surface area (TPSA) is 75.2 Å². The molecule has 1 heterocycles. The molecule has 0 aliphatic carbocycles. The van der Waals surface area contributed by atoms with E-state index in [0.717, 1.165) is 28.6 Å². The molecular formula is C23H22N6O. The molecule has 0 saturated heterocycles. The van der Waals surface area contributed by atoms with Gasteiger partial charge in [-0.1, -0.05) is 18.2 Å². The second-order valence-corrected chi connectivity index (χ2v) is 6.80. The van der Waals surface area contributed by atoms with Gasteiger partial charge in [-0.05, 0) is 60.7 Å². The van der Waals surface area contributed by atoms with E-state index < -0.39 is 0 Å². The molecule has 0 saturated carbocycles. The lowest BCUT2D eigenvalue weighted by Gasteiger charge is -2.13. The van der Waals surface area contributed by atoms with Gasteiger partial charge in [0.05, 0.1) is 6.20 Å². The van der Waals surface area contributed by atoms with Crippen LogP contribution < -0.4 is 20.3 Å². The van der Waals surface area contributed by atoms with Gasteiger partial charge in [-0.15, -0.1) is 5.10 Å². The predicted octanol–water partition coefficient (Wildman–Crippen LogP) is 5.22. The van der Waals surface area contributed by atoms with Gasteiger partial charge in [0.25, 0.3) is 0 Å². The van der Waals surface area contributed by atoms with E-state index in [9.17, 15) is 0 Å². The molecule has 0 aliphatic rings. The molecule has 150 valence electrons. The third-order valence-corrected chi connectivity index (χ3v) is 4.30. The maximum Gasteiger partial charge on any atom is 0.249 e. The Hall–Kier alpha value is -4.13. The number of hydrogen-bond donors (Lipinski definition) is 2. The third-order valence-electron chi connectivity index (χ3n) is 4.30. The molecule has 30 heavy (non-hydrogen) atoms. The average Bonchev–Trinajstić information content (AvgIpc) is 2.77. The highest BCUT2D eigenvalue weighted by Gasteiger charge is 2.04. The number of para-hydroxylation sites is 1. The Labute approximate surface area is 175 Å². The van der Waals surface area contributed by atoms with E-state index in [1.807, 2.05) is 97.9 Å². The summed E-state index contributed by atoms with van der Waals surface area (Å²) in [7, 11) is 4.02. The Balaban J connectivity index is 1.40. The van der Waals surface area contributed by atoms with Gasteiger partial charge in [0.2, 0.25) is 5.95 Å². The molecule has 0 bridgehead atoms. The molecule has 0 unspecified atom stereocenters. The van der Waals surface area contributed by atoms with E-state index >= 15 is 0 Å². The van der Waals surface area contributed by atoms with Crippen LogP contribution in [0.4, 0.5) is 28.8 Å². The number of aromatic nitrogens is 3. The molecule has 1 aromatic heterocycles. The lowest BCUT2D eigenvalue weighted by molar-refractivity contribution is 0.483. The molecule has 0 atom stereocenters. The quantitative estimate of drug-likeness (QED) is 0.442.